The highest BCUT2D eigenvalue weighted by atomic mass is 14.4. The molecule has 0 radical (unpaired) electrons. The topological polar surface area (TPSA) is 0 Å². The molecule has 0 heterocycles. The molecule has 98 valence electrons. The van der Waals surface area contributed by atoms with E-state index in [9.17, 15) is 0 Å². The lowest BCUT2D eigenvalue weighted by Crippen LogP contribution is -2.32. The van der Waals surface area contributed by atoms with Crippen LogP contribution in [-0.2, 0) is 0 Å². The van der Waals surface area contributed by atoms with Crippen molar-refractivity contribution in [3.8, 4) is 0 Å². The Morgan fingerprint density at radius 2 is 1.00 bits per heavy atom. The molecule has 3 rings (SSSR count). The molecule has 0 aromatic heterocycles. The zero-order valence-corrected chi connectivity index (χ0v) is 11.7. The van der Waals surface area contributed by atoms with Crippen LogP contribution in [-0.4, -0.2) is 0 Å². The van der Waals surface area contributed by atoms with Gasteiger partial charge in [-0.3, -0.25) is 0 Å². The number of hydrogen-bond donors (Lipinski definition) is 0. The molecule has 0 aromatic rings. The fourth-order valence-electron chi connectivity index (χ4n) is 5.10. The van der Waals surface area contributed by atoms with Crippen molar-refractivity contribution in [2.45, 2.75) is 77.6 Å². The monoisotopic (exact) mass is 234 g/mol. The van der Waals surface area contributed by atoms with Gasteiger partial charge in [-0.15, -0.1) is 0 Å². The molecule has 0 bridgehead atoms. The molecule has 3 atom stereocenters. The third kappa shape index (κ3) is 2.71. The highest BCUT2D eigenvalue weighted by Gasteiger charge is 2.36. The van der Waals surface area contributed by atoms with Gasteiger partial charge in [-0.2, -0.15) is 0 Å². The summed E-state index contributed by atoms with van der Waals surface area (Å²) in [7, 11) is 0. The first-order valence-corrected chi connectivity index (χ1v) is 8.33. The molecule has 0 aromatic carbocycles. The Bertz CT molecular complexity index is 236. The summed E-state index contributed by atoms with van der Waals surface area (Å²) >= 11 is 0. The number of hydrogen-bond acceptors (Lipinski definition) is 0. The van der Waals surface area contributed by atoms with Gasteiger partial charge in [0.2, 0.25) is 0 Å². The first-order chi connectivity index (χ1) is 8.33. The van der Waals surface area contributed by atoms with E-state index in [4.69, 9.17) is 0 Å². The minimum absolute atomic E-state index is 1.03. The van der Waals surface area contributed by atoms with Crippen molar-refractivity contribution in [3.63, 3.8) is 0 Å². The van der Waals surface area contributed by atoms with Crippen molar-refractivity contribution < 1.29 is 0 Å². The van der Waals surface area contributed by atoms with E-state index in [1.54, 1.807) is 44.9 Å². The third-order valence-corrected chi connectivity index (χ3v) is 6.31. The summed E-state index contributed by atoms with van der Waals surface area (Å²) in [6.07, 6.45) is 17.2. The Hall–Kier alpha value is 0. The summed E-state index contributed by atoms with van der Waals surface area (Å²) in [5, 5.41) is 0. The second-order valence-electron chi connectivity index (χ2n) is 7.40. The van der Waals surface area contributed by atoms with Crippen LogP contribution in [0.4, 0.5) is 0 Å². The molecule has 0 spiro atoms. The maximum Gasteiger partial charge on any atom is -0.0383 e. The average molecular weight is 234 g/mol. The highest BCUT2D eigenvalue weighted by molar-refractivity contribution is 4.87. The molecule has 3 aliphatic carbocycles. The minimum Gasteiger partial charge on any atom is -0.0625 e. The molecule has 3 unspecified atom stereocenters. The molecular weight excluding hydrogens is 204 g/mol. The van der Waals surface area contributed by atoms with Crippen LogP contribution in [0.2, 0.25) is 0 Å². The van der Waals surface area contributed by atoms with Crippen molar-refractivity contribution in [2.75, 3.05) is 0 Å². The van der Waals surface area contributed by atoms with Gasteiger partial charge in [0.15, 0.2) is 0 Å². The second-order valence-corrected chi connectivity index (χ2v) is 7.40. The van der Waals surface area contributed by atoms with Crippen molar-refractivity contribution in [1.82, 2.24) is 0 Å². The molecular formula is C17H30. The van der Waals surface area contributed by atoms with Crippen LogP contribution in [0.1, 0.15) is 77.6 Å². The largest absolute Gasteiger partial charge is 0.0625 e. The van der Waals surface area contributed by atoms with Crippen molar-refractivity contribution >= 4 is 0 Å². The summed E-state index contributed by atoms with van der Waals surface area (Å²) in [5.74, 6) is 5.55. The lowest BCUT2D eigenvalue weighted by atomic mass is 9.62. The van der Waals surface area contributed by atoms with Crippen molar-refractivity contribution in [2.24, 2.45) is 29.6 Å². The third-order valence-electron chi connectivity index (χ3n) is 6.31. The normalized spacial score (nSPS) is 47.5. The Balaban J connectivity index is 1.54. The summed E-state index contributed by atoms with van der Waals surface area (Å²) in [5.41, 5.74) is 0. The fourth-order valence-corrected chi connectivity index (χ4v) is 5.10. The Labute approximate surface area is 108 Å². The Morgan fingerprint density at radius 1 is 0.529 bits per heavy atom. The van der Waals surface area contributed by atoms with Crippen LogP contribution in [0.15, 0.2) is 0 Å². The molecule has 0 aliphatic heterocycles. The summed E-state index contributed by atoms with van der Waals surface area (Å²) in [6, 6.07) is 0. The molecule has 0 saturated heterocycles. The SMILES string of the molecule is CC1CCC(C2CCC3CCCCC3C2)CC1. The summed E-state index contributed by atoms with van der Waals surface area (Å²) in [6.45, 7) is 2.45. The minimum atomic E-state index is 1.03. The van der Waals surface area contributed by atoms with E-state index in [1.165, 1.54) is 25.7 Å². The van der Waals surface area contributed by atoms with Crippen LogP contribution >= 0.6 is 0 Å². The van der Waals surface area contributed by atoms with Crippen LogP contribution in [0.3, 0.4) is 0 Å². The maximum atomic E-state index is 2.45. The summed E-state index contributed by atoms with van der Waals surface area (Å²) in [4.78, 5) is 0. The first-order valence-electron chi connectivity index (χ1n) is 8.33. The number of fused-ring (bicyclic) bond motifs is 1. The first kappa shape index (κ1) is 12.1. The zero-order chi connectivity index (χ0) is 11.7. The van der Waals surface area contributed by atoms with Crippen LogP contribution < -0.4 is 0 Å². The maximum absolute atomic E-state index is 2.45. The van der Waals surface area contributed by atoms with Gasteiger partial charge in [0.05, 0.1) is 0 Å². The molecule has 17 heavy (non-hydrogen) atoms. The molecule has 0 nitrogen and oxygen atoms in total. The molecule has 3 saturated carbocycles. The van der Waals surface area contributed by atoms with Crippen LogP contribution in [0, 0.1) is 29.6 Å². The lowest BCUT2D eigenvalue weighted by Gasteiger charge is -2.43. The molecule has 0 amide bonds. The van der Waals surface area contributed by atoms with E-state index >= 15 is 0 Å². The molecule has 0 heteroatoms. The van der Waals surface area contributed by atoms with Gasteiger partial charge < -0.3 is 0 Å². The highest BCUT2D eigenvalue weighted by Crippen LogP contribution is 2.47. The predicted molar refractivity (Wildman–Crippen MR) is 73.9 cm³/mol. The molecule has 3 aliphatic rings. The van der Waals surface area contributed by atoms with Gasteiger partial charge in [0, 0.05) is 0 Å². The van der Waals surface area contributed by atoms with Crippen molar-refractivity contribution in [1.29, 1.82) is 0 Å². The van der Waals surface area contributed by atoms with E-state index in [0.717, 1.165) is 29.6 Å². The van der Waals surface area contributed by atoms with E-state index in [2.05, 4.69) is 6.92 Å². The molecule has 3 fully saturated rings. The fraction of sp³-hybridized carbons (Fsp3) is 1.00. The average Bonchev–Trinajstić information content (AvgIpc) is 2.39. The molecule has 0 N–H and O–H groups in total. The van der Waals surface area contributed by atoms with E-state index in [0.29, 0.717) is 0 Å². The van der Waals surface area contributed by atoms with Gasteiger partial charge in [-0.25, -0.2) is 0 Å². The van der Waals surface area contributed by atoms with Gasteiger partial charge in [0.25, 0.3) is 0 Å². The smallest absolute Gasteiger partial charge is 0.0383 e. The quantitative estimate of drug-likeness (QED) is 0.568. The van der Waals surface area contributed by atoms with Crippen molar-refractivity contribution in [3.05, 3.63) is 0 Å². The zero-order valence-electron chi connectivity index (χ0n) is 11.7. The number of rotatable bonds is 1. The van der Waals surface area contributed by atoms with E-state index < -0.39 is 0 Å². The Morgan fingerprint density at radius 3 is 1.76 bits per heavy atom. The second kappa shape index (κ2) is 5.33. The van der Waals surface area contributed by atoms with Gasteiger partial charge >= 0.3 is 0 Å². The van der Waals surface area contributed by atoms with Gasteiger partial charge in [0.1, 0.15) is 0 Å². The van der Waals surface area contributed by atoms with Gasteiger partial charge in [-0.05, 0) is 61.7 Å². The standard InChI is InChI=1S/C17H30/c1-13-6-8-15(9-7-13)17-11-10-14-4-2-3-5-16(14)12-17/h13-17H,2-12H2,1H3. The van der Waals surface area contributed by atoms with E-state index in [-0.39, 0.29) is 0 Å². The lowest BCUT2D eigenvalue weighted by molar-refractivity contribution is 0.0798. The van der Waals surface area contributed by atoms with E-state index in [1.807, 2.05) is 0 Å². The van der Waals surface area contributed by atoms with Crippen LogP contribution in [0.5, 0.6) is 0 Å². The summed E-state index contributed by atoms with van der Waals surface area (Å²) < 4.78 is 0. The Kier molecular flexibility index (Phi) is 3.78. The van der Waals surface area contributed by atoms with Crippen LogP contribution in [0.25, 0.3) is 0 Å². The van der Waals surface area contributed by atoms with Gasteiger partial charge in [-0.1, -0.05) is 45.4 Å². The predicted octanol–water partition coefficient (Wildman–Crippen LogP) is 5.42.